The largest absolute Gasteiger partial charge is 0.334 e. The van der Waals surface area contributed by atoms with E-state index in [1.165, 1.54) is 4.90 Å². The van der Waals surface area contributed by atoms with Gasteiger partial charge in [0, 0.05) is 34.1 Å². The minimum Gasteiger partial charge on any atom is -0.334 e. The van der Waals surface area contributed by atoms with Crippen LogP contribution in [0.3, 0.4) is 0 Å². The number of nitrogens with zero attached hydrogens (tertiary/aromatic N) is 2. The summed E-state index contributed by atoms with van der Waals surface area (Å²) in [6, 6.07) is 8.64. The molecule has 0 saturated carbocycles. The summed E-state index contributed by atoms with van der Waals surface area (Å²) in [6.45, 7) is 6.32. The summed E-state index contributed by atoms with van der Waals surface area (Å²) < 4.78 is 3.37. The van der Waals surface area contributed by atoms with Gasteiger partial charge in [0.2, 0.25) is 0 Å². The molecule has 3 nitrogen and oxygen atoms in total. The van der Waals surface area contributed by atoms with E-state index >= 15 is 0 Å². The van der Waals surface area contributed by atoms with Crippen LogP contribution in [0.2, 0.25) is 0 Å². The van der Waals surface area contributed by atoms with Gasteiger partial charge in [-0.25, -0.2) is 4.98 Å². The monoisotopic (exact) mass is 367 g/mol. The Morgan fingerprint density at radius 2 is 2.14 bits per heavy atom. The first-order valence-corrected chi connectivity index (χ1v) is 9.15. The van der Waals surface area contributed by atoms with E-state index in [4.69, 9.17) is 0 Å². The molecule has 1 atom stereocenters. The van der Waals surface area contributed by atoms with E-state index in [1.54, 1.807) is 0 Å². The summed E-state index contributed by atoms with van der Waals surface area (Å²) in [6.07, 6.45) is 5.07. The molecule has 0 fully saturated rings. The molecule has 1 unspecified atom stereocenters. The number of aryl methyl sites for hydroxylation is 1. The van der Waals surface area contributed by atoms with Crippen LogP contribution in [-0.2, 0) is 6.54 Å². The highest BCUT2D eigenvalue weighted by Gasteiger charge is 2.16. The minimum absolute atomic E-state index is 0.275. The van der Waals surface area contributed by atoms with E-state index in [2.05, 4.69) is 69.0 Å². The van der Waals surface area contributed by atoms with Crippen molar-refractivity contribution in [1.82, 2.24) is 14.9 Å². The molecule has 0 bridgehead atoms. The minimum atomic E-state index is 0.275. The van der Waals surface area contributed by atoms with Crippen molar-refractivity contribution >= 4 is 27.7 Å². The van der Waals surface area contributed by atoms with Crippen LogP contribution in [0, 0.1) is 0 Å². The summed E-state index contributed by atoms with van der Waals surface area (Å²) in [5.41, 5.74) is 0. The first-order chi connectivity index (χ1) is 10.3. The molecule has 0 radical (unpaired) electrons. The SMILES string of the molecule is CCCNC(CSc1ccccc1Br)c1nccn1CC. The molecule has 0 amide bonds. The Labute approximate surface area is 139 Å². The molecular weight excluding hydrogens is 346 g/mol. The normalized spacial score (nSPS) is 12.5. The average molecular weight is 368 g/mol. The van der Waals surface area contributed by atoms with Crippen LogP contribution in [0.4, 0.5) is 0 Å². The van der Waals surface area contributed by atoms with Crippen molar-refractivity contribution in [3.8, 4) is 0 Å². The van der Waals surface area contributed by atoms with E-state index in [0.717, 1.165) is 35.6 Å². The third kappa shape index (κ3) is 4.59. The van der Waals surface area contributed by atoms with Crippen molar-refractivity contribution in [1.29, 1.82) is 0 Å². The lowest BCUT2D eigenvalue weighted by Crippen LogP contribution is -2.27. The van der Waals surface area contributed by atoms with Gasteiger partial charge < -0.3 is 9.88 Å². The van der Waals surface area contributed by atoms with Crippen molar-refractivity contribution in [3.63, 3.8) is 0 Å². The zero-order valence-electron chi connectivity index (χ0n) is 12.6. The molecule has 2 aromatic rings. The molecule has 1 aromatic carbocycles. The fourth-order valence-corrected chi connectivity index (χ4v) is 3.80. The maximum Gasteiger partial charge on any atom is 0.126 e. The Bertz CT molecular complexity index is 556. The second-order valence-electron chi connectivity index (χ2n) is 4.82. The van der Waals surface area contributed by atoms with Gasteiger partial charge >= 0.3 is 0 Å². The van der Waals surface area contributed by atoms with E-state index in [1.807, 2.05) is 24.0 Å². The summed E-state index contributed by atoms with van der Waals surface area (Å²) >= 11 is 5.47. The molecule has 21 heavy (non-hydrogen) atoms. The number of hydrogen-bond donors (Lipinski definition) is 1. The van der Waals surface area contributed by atoms with Gasteiger partial charge in [0.25, 0.3) is 0 Å². The molecule has 1 N–H and O–H groups in total. The van der Waals surface area contributed by atoms with E-state index in [-0.39, 0.29) is 6.04 Å². The van der Waals surface area contributed by atoms with Crippen molar-refractivity contribution in [2.24, 2.45) is 0 Å². The van der Waals surface area contributed by atoms with Gasteiger partial charge in [-0.2, -0.15) is 0 Å². The molecule has 114 valence electrons. The number of nitrogens with one attached hydrogen (secondary N) is 1. The van der Waals surface area contributed by atoms with Crippen LogP contribution >= 0.6 is 27.7 Å². The predicted octanol–water partition coefficient (Wildman–Crippen LogP) is 4.50. The third-order valence-electron chi connectivity index (χ3n) is 3.28. The maximum atomic E-state index is 4.55. The number of benzene rings is 1. The van der Waals surface area contributed by atoms with Gasteiger partial charge in [0.15, 0.2) is 0 Å². The molecular formula is C16H22BrN3S. The lowest BCUT2D eigenvalue weighted by atomic mass is 10.3. The molecule has 0 spiro atoms. The van der Waals surface area contributed by atoms with Gasteiger partial charge in [0.1, 0.15) is 5.82 Å². The molecule has 5 heteroatoms. The van der Waals surface area contributed by atoms with Crippen LogP contribution in [0.1, 0.15) is 32.1 Å². The number of imidazole rings is 1. The fourth-order valence-electron chi connectivity index (χ4n) is 2.18. The smallest absolute Gasteiger partial charge is 0.126 e. The van der Waals surface area contributed by atoms with Crippen molar-refractivity contribution in [2.45, 2.75) is 37.8 Å². The zero-order chi connectivity index (χ0) is 15.1. The van der Waals surface area contributed by atoms with Gasteiger partial charge in [-0.05, 0) is 48.0 Å². The lowest BCUT2D eigenvalue weighted by Gasteiger charge is -2.19. The topological polar surface area (TPSA) is 29.9 Å². The van der Waals surface area contributed by atoms with Crippen LogP contribution in [-0.4, -0.2) is 21.8 Å². The van der Waals surface area contributed by atoms with E-state index in [9.17, 15) is 0 Å². The summed E-state index contributed by atoms with van der Waals surface area (Å²) in [5, 5.41) is 3.62. The number of halogens is 1. The number of thioether (sulfide) groups is 1. The van der Waals surface area contributed by atoms with E-state index in [0.29, 0.717) is 0 Å². The Kier molecular flexibility index (Phi) is 6.80. The number of aromatic nitrogens is 2. The highest BCUT2D eigenvalue weighted by atomic mass is 79.9. The third-order valence-corrected chi connectivity index (χ3v) is 5.40. The molecule has 2 rings (SSSR count). The van der Waals surface area contributed by atoms with Crippen LogP contribution in [0.15, 0.2) is 46.0 Å². The number of rotatable bonds is 8. The molecule has 0 aliphatic carbocycles. The van der Waals surface area contributed by atoms with Crippen molar-refractivity contribution in [3.05, 3.63) is 47.0 Å². The van der Waals surface area contributed by atoms with Gasteiger partial charge in [-0.15, -0.1) is 11.8 Å². The Balaban J connectivity index is 2.08. The summed E-state index contributed by atoms with van der Waals surface area (Å²) in [7, 11) is 0. The quantitative estimate of drug-likeness (QED) is 0.696. The van der Waals surface area contributed by atoms with Crippen LogP contribution in [0.5, 0.6) is 0 Å². The Morgan fingerprint density at radius 1 is 1.33 bits per heavy atom. The summed E-state index contributed by atoms with van der Waals surface area (Å²) in [5.74, 6) is 2.10. The first-order valence-electron chi connectivity index (χ1n) is 7.38. The predicted molar refractivity (Wildman–Crippen MR) is 93.8 cm³/mol. The van der Waals surface area contributed by atoms with Gasteiger partial charge in [-0.1, -0.05) is 19.1 Å². The zero-order valence-corrected chi connectivity index (χ0v) is 15.0. The Morgan fingerprint density at radius 3 is 2.86 bits per heavy atom. The molecule has 1 aromatic heterocycles. The molecule has 0 aliphatic heterocycles. The fraction of sp³-hybridized carbons (Fsp3) is 0.438. The molecule has 0 saturated heterocycles. The molecule has 0 aliphatic rings. The van der Waals surface area contributed by atoms with Crippen LogP contribution in [0.25, 0.3) is 0 Å². The lowest BCUT2D eigenvalue weighted by molar-refractivity contribution is 0.523. The van der Waals surface area contributed by atoms with Crippen molar-refractivity contribution in [2.75, 3.05) is 12.3 Å². The first kappa shape index (κ1) is 16.6. The second kappa shape index (κ2) is 8.61. The van der Waals surface area contributed by atoms with Gasteiger partial charge in [-0.3, -0.25) is 0 Å². The van der Waals surface area contributed by atoms with Gasteiger partial charge in [0.05, 0.1) is 6.04 Å². The summed E-state index contributed by atoms with van der Waals surface area (Å²) in [4.78, 5) is 5.82. The highest BCUT2D eigenvalue weighted by Crippen LogP contribution is 2.30. The Hall–Kier alpha value is -0.780. The van der Waals surface area contributed by atoms with E-state index < -0.39 is 0 Å². The second-order valence-corrected chi connectivity index (χ2v) is 6.74. The van der Waals surface area contributed by atoms with Crippen LogP contribution < -0.4 is 5.32 Å². The van der Waals surface area contributed by atoms with Crippen molar-refractivity contribution < 1.29 is 0 Å². The highest BCUT2D eigenvalue weighted by molar-refractivity contribution is 9.10. The maximum absolute atomic E-state index is 4.55. The standard InChI is InChI=1S/C16H22BrN3S/c1-3-9-18-14(16-19-10-11-20(16)4-2)12-21-15-8-6-5-7-13(15)17/h5-8,10-11,14,18H,3-4,9,12H2,1-2H3. The average Bonchev–Trinajstić information content (AvgIpc) is 2.97. The molecule has 1 heterocycles. The number of hydrogen-bond acceptors (Lipinski definition) is 3.